The number of anilines is 1. The second kappa shape index (κ2) is 5.51. The fourth-order valence-corrected chi connectivity index (χ4v) is 3.86. The first-order valence-corrected chi connectivity index (χ1v) is 7.52. The van der Waals surface area contributed by atoms with Crippen molar-refractivity contribution in [2.45, 2.75) is 31.8 Å². The summed E-state index contributed by atoms with van der Waals surface area (Å²) in [6.45, 7) is 4.29. The van der Waals surface area contributed by atoms with Gasteiger partial charge in [0.2, 0.25) is 0 Å². The van der Waals surface area contributed by atoms with Crippen molar-refractivity contribution in [3.05, 3.63) is 29.8 Å². The van der Waals surface area contributed by atoms with E-state index in [1.807, 2.05) is 0 Å². The monoisotopic (exact) mass is 259 g/mol. The van der Waals surface area contributed by atoms with Crippen LogP contribution in [-0.2, 0) is 6.54 Å². The minimum absolute atomic E-state index is 0.640. The van der Waals surface area contributed by atoms with Gasteiger partial charge < -0.3 is 15.5 Å². The molecule has 1 aromatic carbocycles. The van der Waals surface area contributed by atoms with Gasteiger partial charge in [0.25, 0.3) is 0 Å². The highest BCUT2D eigenvalue weighted by atomic mass is 15.2. The third-order valence-electron chi connectivity index (χ3n) is 4.90. The van der Waals surface area contributed by atoms with Gasteiger partial charge in [-0.2, -0.15) is 0 Å². The number of likely N-dealkylation sites (tertiary alicyclic amines) is 1. The SMILES string of the molecule is CN1CCCC2CN(c3ccccc3CN)CCC21. The smallest absolute Gasteiger partial charge is 0.0411 e. The van der Waals surface area contributed by atoms with Crippen molar-refractivity contribution >= 4 is 5.69 Å². The Morgan fingerprint density at radius 3 is 2.89 bits per heavy atom. The van der Waals surface area contributed by atoms with Crippen LogP contribution in [0.4, 0.5) is 5.69 Å². The summed E-state index contributed by atoms with van der Waals surface area (Å²) in [6.07, 6.45) is 4.03. The number of fused-ring (bicyclic) bond motifs is 1. The molecule has 0 saturated carbocycles. The van der Waals surface area contributed by atoms with E-state index in [2.05, 4.69) is 41.1 Å². The van der Waals surface area contributed by atoms with Gasteiger partial charge in [-0.15, -0.1) is 0 Å². The summed E-state index contributed by atoms with van der Waals surface area (Å²) in [5.41, 5.74) is 8.52. The van der Waals surface area contributed by atoms with Crippen LogP contribution in [0.1, 0.15) is 24.8 Å². The summed E-state index contributed by atoms with van der Waals surface area (Å²) in [6, 6.07) is 9.42. The van der Waals surface area contributed by atoms with Crippen LogP contribution in [0.5, 0.6) is 0 Å². The van der Waals surface area contributed by atoms with E-state index in [0.29, 0.717) is 6.54 Å². The van der Waals surface area contributed by atoms with E-state index in [-0.39, 0.29) is 0 Å². The molecule has 2 aliphatic heterocycles. The molecule has 2 heterocycles. The molecule has 0 amide bonds. The quantitative estimate of drug-likeness (QED) is 0.882. The Morgan fingerprint density at radius 1 is 1.21 bits per heavy atom. The molecule has 19 heavy (non-hydrogen) atoms. The highest BCUT2D eigenvalue weighted by Crippen LogP contribution is 2.33. The Morgan fingerprint density at radius 2 is 2.05 bits per heavy atom. The molecular formula is C16H25N3. The molecule has 2 atom stereocenters. The number of nitrogens with two attached hydrogens (primary N) is 1. The summed E-state index contributed by atoms with van der Waals surface area (Å²) in [5, 5.41) is 0. The van der Waals surface area contributed by atoms with Crippen molar-refractivity contribution in [2.24, 2.45) is 11.7 Å². The van der Waals surface area contributed by atoms with E-state index in [0.717, 1.165) is 12.0 Å². The van der Waals surface area contributed by atoms with Crippen LogP contribution >= 0.6 is 0 Å². The maximum Gasteiger partial charge on any atom is 0.0411 e. The highest BCUT2D eigenvalue weighted by molar-refractivity contribution is 5.54. The number of para-hydroxylation sites is 1. The first-order valence-electron chi connectivity index (χ1n) is 7.52. The van der Waals surface area contributed by atoms with Crippen LogP contribution in [0.3, 0.4) is 0 Å². The summed E-state index contributed by atoms with van der Waals surface area (Å²) < 4.78 is 0. The van der Waals surface area contributed by atoms with Gasteiger partial charge in [-0.1, -0.05) is 18.2 Å². The molecule has 104 valence electrons. The number of nitrogens with zero attached hydrogens (tertiary/aromatic N) is 2. The zero-order valence-corrected chi connectivity index (χ0v) is 11.9. The third-order valence-corrected chi connectivity index (χ3v) is 4.90. The molecule has 0 aliphatic carbocycles. The van der Waals surface area contributed by atoms with E-state index >= 15 is 0 Å². The molecule has 1 aromatic rings. The molecule has 0 aromatic heterocycles. The summed E-state index contributed by atoms with van der Waals surface area (Å²) in [7, 11) is 2.29. The zero-order chi connectivity index (χ0) is 13.2. The van der Waals surface area contributed by atoms with E-state index < -0.39 is 0 Å². The van der Waals surface area contributed by atoms with Gasteiger partial charge in [0, 0.05) is 31.4 Å². The average Bonchev–Trinajstić information content (AvgIpc) is 2.47. The predicted octanol–water partition coefficient (Wildman–Crippen LogP) is 2.07. The second-order valence-electron chi connectivity index (χ2n) is 6.02. The first-order chi connectivity index (χ1) is 9.29. The van der Waals surface area contributed by atoms with Crippen molar-refractivity contribution in [3.8, 4) is 0 Å². The lowest BCUT2D eigenvalue weighted by Gasteiger charge is -2.47. The Labute approximate surface area is 116 Å². The fourth-order valence-electron chi connectivity index (χ4n) is 3.86. The van der Waals surface area contributed by atoms with Crippen LogP contribution in [0.25, 0.3) is 0 Å². The lowest BCUT2D eigenvalue weighted by atomic mass is 9.84. The molecular weight excluding hydrogens is 234 g/mol. The standard InChI is InChI=1S/C16H25N3/c1-18-9-4-6-14-12-19(10-8-15(14)18)16-7-3-2-5-13(16)11-17/h2-3,5,7,14-15H,4,6,8-12,17H2,1H3. The number of hydrogen-bond donors (Lipinski definition) is 1. The van der Waals surface area contributed by atoms with E-state index in [1.54, 1.807) is 0 Å². The van der Waals surface area contributed by atoms with Gasteiger partial charge in [0.05, 0.1) is 0 Å². The molecule has 0 bridgehead atoms. The van der Waals surface area contributed by atoms with Gasteiger partial charge in [-0.05, 0) is 50.4 Å². The van der Waals surface area contributed by atoms with Crippen molar-refractivity contribution in [1.29, 1.82) is 0 Å². The molecule has 2 aliphatic rings. The molecule has 0 spiro atoms. The van der Waals surface area contributed by atoms with Gasteiger partial charge in [-0.25, -0.2) is 0 Å². The Balaban J connectivity index is 1.77. The second-order valence-corrected chi connectivity index (χ2v) is 6.02. The zero-order valence-electron chi connectivity index (χ0n) is 11.9. The molecule has 2 unspecified atom stereocenters. The molecule has 3 heteroatoms. The van der Waals surface area contributed by atoms with Crippen molar-refractivity contribution in [3.63, 3.8) is 0 Å². The van der Waals surface area contributed by atoms with Gasteiger partial charge in [-0.3, -0.25) is 0 Å². The molecule has 2 N–H and O–H groups in total. The van der Waals surface area contributed by atoms with E-state index in [9.17, 15) is 0 Å². The predicted molar refractivity (Wildman–Crippen MR) is 80.3 cm³/mol. The fraction of sp³-hybridized carbons (Fsp3) is 0.625. The molecule has 2 saturated heterocycles. The number of hydrogen-bond acceptors (Lipinski definition) is 3. The van der Waals surface area contributed by atoms with Crippen LogP contribution in [0.2, 0.25) is 0 Å². The number of benzene rings is 1. The van der Waals surface area contributed by atoms with Gasteiger partial charge in [0.15, 0.2) is 0 Å². The van der Waals surface area contributed by atoms with E-state index in [1.165, 1.54) is 50.1 Å². The molecule has 3 rings (SSSR count). The van der Waals surface area contributed by atoms with Crippen LogP contribution < -0.4 is 10.6 Å². The van der Waals surface area contributed by atoms with Gasteiger partial charge in [0.1, 0.15) is 0 Å². The largest absolute Gasteiger partial charge is 0.371 e. The minimum Gasteiger partial charge on any atom is -0.371 e. The summed E-state index contributed by atoms with van der Waals surface area (Å²) in [5.74, 6) is 0.832. The molecule has 3 nitrogen and oxygen atoms in total. The first kappa shape index (κ1) is 12.9. The number of rotatable bonds is 2. The summed E-state index contributed by atoms with van der Waals surface area (Å²) in [4.78, 5) is 5.13. The Bertz CT molecular complexity index is 432. The third kappa shape index (κ3) is 2.49. The maximum absolute atomic E-state index is 5.88. The topological polar surface area (TPSA) is 32.5 Å². The van der Waals surface area contributed by atoms with Crippen molar-refractivity contribution in [1.82, 2.24) is 4.90 Å². The highest BCUT2D eigenvalue weighted by Gasteiger charge is 2.34. The van der Waals surface area contributed by atoms with Crippen LogP contribution in [0.15, 0.2) is 24.3 Å². The van der Waals surface area contributed by atoms with Crippen molar-refractivity contribution in [2.75, 3.05) is 31.6 Å². The van der Waals surface area contributed by atoms with Crippen LogP contribution in [-0.4, -0.2) is 37.6 Å². The average molecular weight is 259 g/mol. The minimum atomic E-state index is 0.640. The number of piperidine rings is 2. The molecule has 0 radical (unpaired) electrons. The van der Waals surface area contributed by atoms with Crippen LogP contribution in [0, 0.1) is 5.92 Å². The Hall–Kier alpha value is -1.06. The normalized spacial score (nSPS) is 28.2. The Kier molecular flexibility index (Phi) is 3.76. The molecule has 2 fully saturated rings. The lowest BCUT2D eigenvalue weighted by Crippen LogP contribution is -2.52. The maximum atomic E-state index is 5.88. The van der Waals surface area contributed by atoms with E-state index in [4.69, 9.17) is 5.73 Å². The summed E-state index contributed by atoms with van der Waals surface area (Å²) >= 11 is 0. The van der Waals surface area contributed by atoms with Gasteiger partial charge >= 0.3 is 0 Å². The lowest BCUT2D eigenvalue weighted by molar-refractivity contribution is 0.102. The van der Waals surface area contributed by atoms with Crippen molar-refractivity contribution < 1.29 is 0 Å².